The van der Waals surface area contributed by atoms with Gasteiger partial charge in [0.2, 0.25) is 27.6 Å². The van der Waals surface area contributed by atoms with Crippen LogP contribution in [0.3, 0.4) is 0 Å². The predicted molar refractivity (Wildman–Crippen MR) is 105 cm³/mol. The molecule has 0 saturated heterocycles. The van der Waals surface area contributed by atoms with E-state index >= 15 is 0 Å². The Labute approximate surface area is 166 Å². The number of hydrogen-bond donors (Lipinski definition) is 2. The van der Waals surface area contributed by atoms with E-state index in [-0.39, 0.29) is 4.90 Å². The molecule has 148 valence electrons. The van der Waals surface area contributed by atoms with Gasteiger partial charge in [0, 0.05) is 17.0 Å². The molecule has 9 nitrogen and oxygen atoms in total. The lowest BCUT2D eigenvalue weighted by Crippen LogP contribution is -2.33. The Hall–Kier alpha value is -2.63. The van der Waals surface area contributed by atoms with Gasteiger partial charge in [-0.15, -0.1) is 11.3 Å². The number of carbonyl (C=O) groups is 1. The van der Waals surface area contributed by atoms with Crippen LogP contribution in [0.2, 0.25) is 0 Å². The third-order valence-corrected chi connectivity index (χ3v) is 6.43. The van der Waals surface area contributed by atoms with Gasteiger partial charge >= 0.3 is 0 Å². The van der Waals surface area contributed by atoms with Crippen LogP contribution in [0, 0.1) is 13.8 Å². The maximum atomic E-state index is 12.6. The molecule has 0 atom stereocenters. The average molecular weight is 422 g/mol. The van der Waals surface area contributed by atoms with Gasteiger partial charge in [0.15, 0.2) is 0 Å². The lowest BCUT2D eigenvalue weighted by molar-refractivity contribution is -0.115. The van der Waals surface area contributed by atoms with Crippen LogP contribution in [0.25, 0.3) is 10.7 Å². The molecule has 3 aromatic rings. The van der Waals surface area contributed by atoms with Crippen LogP contribution in [-0.2, 0) is 21.2 Å². The largest absolute Gasteiger partial charge is 0.339 e. The summed E-state index contributed by atoms with van der Waals surface area (Å²) in [6.45, 7) is 4.95. The van der Waals surface area contributed by atoms with Crippen molar-refractivity contribution in [2.75, 3.05) is 11.9 Å². The standard InChI is InChI=1S/C17H19N5O4S2/c1-4-16-21-17(22-26-16)12-8-13(11(3)27-12)28(24,25)18-9-15(23)20-14-7-5-6-10(2)19-14/h5-8,18H,4,9H2,1-3H3,(H,19,20,23). The van der Waals surface area contributed by atoms with Crippen LogP contribution in [-0.4, -0.2) is 36.0 Å². The van der Waals surface area contributed by atoms with Crippen molar-refractivity contribution in [2.24, 2.45) is 0 Å². The second-order valence-corrected chi connectivity index (χ2v) is 8.92. The predicted octanol–water partition coefficient (Wildman–Crippen LogP) is 2.29. The molecule has 0 spiro atoms. The number of anilines is 1. The van der Waals surface area contributed by atoms with Crippen LogP contribution in [0.1, 0.15) is 23.4 Å². The summed E-state index contributed by atoms with van der Waals surface area (Å²) in [5, 5.41) is 6.41. The zero-order valence-electron chi connectivity index (χ0n) is 15.5. The maximum absolute atomic E-state index is 12.6. The number of nitrogens with zero attached hydrogens (tertiary/aromatic N) is 3. The van der Waals surface area contributed by atoms with E-state index in [1.807, 2.05) is 6.92 Å². The maximum Gasteiger partial charge on any atom is 0.242 e. The number of hydrogen-bond acceptors (Lipinski definition) is 8. The first kappa shape index (κ1) is 20.1. The highest BCUT2D eigenvalue weighted by atomic mass is 32.2. The third-order valence-electron chi connectivity index (χ3n) is 3.73. The van der Waals surface area contributed by atoms with Crippen LogP contribution >= 0.6 is 11.3 Å². The molecule has 1 amide bonds. The van der Waals surface area contributed by atoms with Crippen LogP contribution in [0.15, 0.2) is 33.7 Å². The molecule has 28 heavy (non-hydrogen) atoms. The zero-order valence-corrected chi connectivity index (χ0v) is 17.1. The van der Waals surface area contributed by atoms with Crippen molar-refractivity contribution >= 4 is 33.1 Å². The van der Waals surface area contributed by atoms with Gasteiger partial charge in [-0.1, -0.05) is 18.1 Å². The van der Waals surface area contributed by atoms with E-state index in [9.17, 15) is 13.2 Å². The third kappa shape index (κ3) is 4.61. The van der Waals surface area contributed by atoms with Crippen molar-refractivity contribution in [2.45, 2.75) is 32.1 Å². The molecule has 11 heteroatoms. The molecule has 0 aliphatic rings. The van der Waals surface area contributed by atoms with Gasteiger partial charge < -0.3 is 9.84 Å². The van der Waals surface area contributed by atoms with Crippen molar-refractivity contribution in [3.05, 3.63) is 40.7 Å². The quantitative estimate of drug-likeness (QED) is 0.599. The first-order valence-electron chi connectivity index (χ1n) is 8.45. The minimum Gasteiger partial charge on any atom is -0.339 e. The van der Waals surface area contributed by atoms with E-state index in [4.69, 9.17) is 4.52 Å². The fraction of sp³-hybridized carbons (Fsp3) is 0.294. The molecule has 0 saturated carbocycles. The molecule has 3 heterocycles. The van der Waals surface area contributed by atoms with Gasteiger partial charge in [-0.2, -0.15) is 4.98 Å². The fourth-order valence-electron chi connectivity index (χ4n) is 2.38. The number of aromatic nitrogens is 3. The topological polar surface area (TPSA) is 127 Å². The molecule has 0 aromatic carbocycles. The van der Waals surface area contributed by atoms with Crippen LogP contribution in [0.5, 0.6) is 0 Å². The molecule has 0 aliphatic carbocycles. The number of carbonyl (C=O) groups excluding carboxylic acids is 1. The van der Waals surface area contributed by atoms with Gasteiger partial charge in [-0.25, -0.2) is 18.1 Å². The molecule has 0 aliphatic heterocycles. The minimum atomic E-state index is -3.88. The Kier molecular flexibility index (Phi) is 5.87. The summed E-state index contributed by atoms with van der Waals surface area (Å²) in [5.41, 5.74) is 0.743. The van der Waals surface area contributed by atoms with E-state index in [1.165, 1.54) is 17.4 Å². The van der Waals surface area contributed by atoms with Crippen molar-refractivity contribution in [3.8, 4) is 10.7 Å². The lowest BCUT2D eigenvalue weighted by Gasteiger charge is -2.07. The number of rotatable bonds is 7. The molecule has 0 fully saturated rings. The highest BCUT2D eigenvalue weighted by Gasteiger charge is 2.23. The van der Waals surface area contributed by atoms with Gasteiger partial charge in [0.05, 0.1) is 16.3 Å². The fourth-order valence-corrected chi connectivity index (χ4v) is 4.88. The molecule has 0 radical (unpaired) electrons. The number of aryl methyl sites for hydroxylation is 3. The number of sulfonamides is 1. The Morgan fingerprint density at radius 3 is 2.71 bits per heavy atom. The number of thiophene rings is 1. The summed E-state index contributed by atoms with van der Waals surface area (Å²) in [7, 11) is -3.88. The van der Waals surface area contributed by atoms with Crippen LogP contribution < -0.4 is 10.0 Å². The summed E-state index contributed by atoms with van der Waals surface area (Å²) in [4.78, 5) is 21.6. The molecule has 0 bridgehead atoms. The van der Waals surface area contributed by atoms with E-state index in [1.54, 1.807) is 32.0 Å². The van der Waals surface area contributed by atoms with Crippen molar-refractivity contribution in [1.29, 1.82) is 0 Å². The molecule has 3 rings (SSSR count). The molecule has 0 unspecified atom stereocenters. The van der Waals surface area contributed by atoms with Crippen molar-refractivity contribution in [3.63, 3.8) is 0 Å². The van der Waals surface area contributed by atoms with Crippen molar-refractivity contribution < 1.29 is 17.7 Å². The van der Waals surface area contributed by atoms with Gasteiger partial charge in [0.25, 0.3) is 0 Å². The molecule has 3 aromatic heterocycles. The normalized spacial score (nSPS) is 11.5. The van der Waals surface area contributed by atoms with Crippen molar-refractivity contribution in [1.82, 2.24) is 19.8 Å². The molecular formula is C17H19N5O4S2. The number of amides is 1. The Morgan fingerprint density at radius 2 is 2.04 bits per heavy atom. The van der Waals surface area contributed by atoms with E-state index in [0.29, 0.717) is 33.7 Å². The SMILES string of the molecule is CCc1nc(-c2cc(S(=O)(=O)NCC(=O)Nc3cccc(C)n3)c(C)s2)no1. The summed E-state index contributed by atoms with van der Waals surface area (Å²) < 4.78 is 32.6. The highest BCUT2D eigenvalue weighted by Crippen LogP contribution is 2.31. The van der Waals surface area contributed by atoms with E-state index < -0.39 is 22.5 Å². The first-order valence-corrected chi connectivity index (χ1v) is 10.7. The average Bonchev–Trinajstić information content (AvgIpc) is 3.27. The number of pyridine rings is 1. The summed E-state index contributed by atoms with van der Waals surface area (Å²) in [5.74, 6) is 0.669. The first-order chi connectivity index (χ1) is 13.3. The second-order valence-electron chi connectivity index (χ2n) is 5.93. The summed E-state index contributed by atoms with van der Waals surface area (Å²) in [6.07, 6.45) is 0.592. The number of nitrogens with one attached hydrogen (secondary N) is 2. The molecule has 2 N–H and O–H groups in total. The Bertz CT molecular complexity index is 1100. The second kappa shape index (κ2) is 8.17. The smallest absolute Gasteiger partial charge is 0.242 e. The summed E-state index contributed by atoms with van der Waals surface area (Å²) >= 11 is 1.24. The van der Waals surface area contributed by atoms with Gasteiger partial charge in [0.1, 0.15) is 5.82 Å². The van der Waals surface area contributed by atoms with Gasteiger partial charge in [-0.05, 0) is 32.0 Å². The zero-order chi connectivity index (χ0) is 20.3. The monoisotopic (exact) mass is 421 g/mol. The Balaban J connectivity index is 1.69. The highest BCUT2D eigenvalue weighted by molar-refractivity contribution is 7.89. The van der Waals surface area contributed by atoms with Gasteiger partial charge in [-0.3, -0.25) is 4.79 Å². The van der Waals surface area contributed by atoms with Crippen LogP contribution in [0.4, 0.5) is 5.82 Å². The van der Waals surface area contributed by atoms with E-state index in [2.05, 4.69) is 25.2 Å². The lowest BCUT2D eigenvalue weighted by atomic mass is 10.4. The summed E-state index contributed by atoms with van der Waals surface area (Å²) in [6, 6.07) is 6.65. The van der Waals surface area contributed by atoms with E-state index in [0.717, 1.165) is 5.69 Å². The minimum absolute atomic E-state index is 0.0804. The Morgan fingerprint density at radius 1 is 1.25 bits per heavy atom. The molecular weight excluding hydrogens is 402 g/mol.